The molecule has 0 aliphatic carbocycles. The van der Waals surface area contributed by atoms with E-state index in [9.17, 15) is 4.79 Å². The Balaban J connectivity index is 1.64. The van der Waals surface area contributed by atoms with E-state index in [2.05, 4.69) is 15.6 Å². The van der Waals surface area contributed by atoms with Gasteiger partial charge in [-0.2, -0.15) is 10.2 Å². The van der Waals surface area contributed by atoms with Crippen molar-refractivity contribution in [1.82, 2.24) is 15.2 Å². The molecule has 1 aromatic heterocycles. The molecule has 132 valence electrons. The maximum Gasteiger partial charge on any atom is 0.261 e. The molecule has 1 aliphatic rings. The van der Waals surface area contributed by atoms with Gasteiger partial charge in [0.25, 0.3) is 5.91 Å². The minimum absolute atomic E-state index is 0.110. The second kappa shape index (κ2) is 7.57. The average Bonchev–Trinajstić information content (AvgIpc) is 2.75. The molecule has 2 aromatic rings. The van der Waals surface area contributed by atoms with Gasteiger partial charge in [-0.3, -0.25) is 9.48 Å². The van der Waals surface area contributed by atoms with Crippen LogP contribution in [0.5, 0.6) is 11.5 Å². The summed E-state index contributed by atoms with van der Waals surface area (Å²) in [5, 5.41) is 8.66. The van der Waals surface area contributed by atoms with E-state index in [-0.39, 0.29) is 12.5 Å². The first-order valence-electron chi connectivity index (χ1n) is 7.95. The molecule has 0 radical (unpaired) electrons. The first-order valence-corrected chi connectivity index (χ1v) is 8.33. The third-order valence-electron chi connectivity index (χ3n) is 3.62. The summed E-state index contributed by atoms with van der Waals surface area (Å²) in [6, 6.07) is 5.41. The summed E-state index contributed by atoms with van der Waals surface area (Å²) in [6.45, 7) is 5.04. The van der Waals surface area contributed by atoms with Crippen LogP contribution in [0.1, 0.15) is 23.4 Å². The standard InChI is InChI=1S/C17H19ClN4O3/c1-11-6-12(2)22(21-11)10-16(23)20-19-9-13-7-14(18)17-15(8-13)24-4-3-5-25-17/h6-9H,3-5,10H2,1-2H3,(H,20,23)/b19-9-. The highest BCUT2D eigenvalue weighted by Gasteiger charge is 2.15. The molecule has 0 bridgehead atoms. The number of nitrogens with zero attached hydrogens (tertiary/aromatic N) is 3. The van der Waals surface area contributed by atoms with E-state index in [1.54, 1.807) is 16.8 Å². The maximum absolute atomic E-state index is 12.0. The van der Waals surface area contributed by atoms with Crippen molar-refractivity contribution < 1.29 is 14.3 Å². The first-order chi connectivity index (χ1) is 12.0. The monoisotopic (exact) mass is 362 g/mol. The third-order valence-corrected chi connectivity index (χ3v) is 3.90. The Morgan fingerprint density at radius 1 is 1.36 bits per heavy atom. The van der Waals surface area contributed by atoms with E-state index in [4.69, 9.17) is 21.1 Å². The van der Waals surface area contributed by atoms with Crippen molar-refractivity contribution >= 4 is 23.7 Å². The molecule has 1 aliphatic heterocycles. The lowest BCUT2D eigenvalue weighted by molar-refractivity contribution is -0.121. The van der Waals surface area contributed by atoms with Gasteiger partial charge in [0.1, 0.15) is 6.54 Å². The minimum Gasteiger partial charge on any atom is -0.489 e. The van der Waals surface area contributed by atoms with Crippen molar-refractivity contribution in [3.8, 4) is 11.5 Å². The fourth-order valence-electron chi connectivity index (χ4n) is 2.51. The van der Waals surface area contributed by atoms with E-state index >= 15 is 0 Å². The Hall–Kier alpha value is -2.54. The van der Waals surface area contributed by atoms with Crippen LogP contribution in [-0.2, 0) is 11.3 Å². The fourth-order valence-corrected chi connectivity index (χ4v) is 2.78. The second-order valence-corrected chi connectivity index (χ2v) is 6.17. The van der Waals surface area contributed by atoms with Gasteiger partial charge in [-0.25, -0.2) is 5.43 Å². The number of fused-ring (bicyclic) bond motifs is 1. The first kappa shape index (κ1) is 17.3. The number of amides is 1. The van der Waals surface area contributed by atoms with Crippen LogP contribution >= 0.6 is 11.6 Å². The number of hydrogen-bond acceptors (Lipinski definition) is 5. The van der Waals surface area contributed by atoms with Gasteiger partial charge in [0.05, 0.1) is 30.1 Å². The van der Waals surface area contributed by atoms with Gasteiger partial charge in [0.2, 0.25) is 0 Å². The molecular formula is C17H19ClN4O3. The molecular weight excluding hydrogens is 344 g/mol. The average molecular weight is 363 g/mol. The molecule has 0 fully saturated rings. The molecule has 2 heterocycles. The molecule has 7 nitrogen and oxygen atoms in total. The lowest BCUT2D eigenvalue weighted by atomic mass is 10.2. The van der Waals surface area contributed by atoms with Crippen molar-refractivity contribution in [2.75, 3.05) is 13.2 Å². The Labute approximate surface area is 150 Å². The number of hydrogen-bond donors (Lipinski definition) is 1. The normalized spacial score (nSPS) is 13.7. The summed E-state index contributed by atoms with van der Waals surface area (Å²) in [4.78, 5) is 12.0. The zero-order valence-electron chi connectivity index (χ0n) is 14.1. The number of nitrogens with one attached hydrogen (secondary N) is 1. The number of carbonyl (C=O) groups excluding carboxylic acids is 1. The van der Waals surface area contributed by atoms with Gasteiger partial charge >= 0.3 is 0 Å². The Kier molecular flexibility index (Phi) is 5.23. The van der Waals surface area contributed by atoms with Gasteiger partial charge in [-0.15, -0.1) is 0 Å². The quantitative estimate of drug-likeness (QED) is 0.669. The predicted octanol–water partition coefficient (Wildman–Crippen LogP) is 2.46. The Morgan fingerprint density at radius 2 is 2.16 bits per heavy atom. The van der Waals surface area contributed by atoms with Crippen molar-refractivity contribution in [2.45, 2.75) is 26.8 Å². The van der Waals surface area contributed by atoms with Gasteiger partial charge in [0, 0.05) is 12.1 Å². The van der Waals surface area contributed by atoms with E-state index in [0.29, 0.717) is 35.3 Å². The highest BCUT2D eigenvalue weighted by Crippen LogP contribution is 2.37. The van der Waals surface area contributed by atoms with Crippen molar-refractivity contribution in [3.05, 3.63) is 40.2 Å². The van der Waals surface area contributed by atoms with Gasteiger partial charge in [0.15, 0.2) is 11.5 Å². The van der Waals surface area contributed by atoms with Crippen molar-refractivity contribution in [3.63, 3.8) is 0 Å². The maximum atomic E-state index is 12.0. The summed E-state index contributed by atoms with van der Waals surface area (Å²) in [7, 11) is 0. The van der Waals surface area contributed by atoms with Gasteiger partial charge < -0.3 is 9.47 Å². The van der Waals surface area contributed by atoms with Crippen LogP contribution in [0.15, 0.2) is 23.3 Å². The van der Waals surface area contributed by atoms with Gasteiger partial charge in [-0.05, 0) is 37.6 Å². The molecule has 0 spiro atoms. The lowest BCUT2D eigenvalue weighted by Crippen LogP contribution is -2.24. The number of rotatable bonds is 4. The van der Waals surface area contributed by atoms with Crippen LogP contribution in [0.4, 0.5) is 0 Å². The molecule has 0 unspecified atom stereocenters. The van der Waals surface area contributed by atoms with Gasteiger partial charge in [-0.1, -0.05) is 11.6 Å². The number of hydrazone groups is 1. The number of aryl methyl sites for hydroxylation is 2. The lowest BCUT2D eigenvalue weighted by Gasteiger charge is -2.09. The smallest absolute Gasteiger partial charge is 0.261 e. The molecule has 0 saturated heterocycles. The Bertz CT molecular complexity index is 816. The fraction of sp³-hybridized carbons (Fsp3) is 0.353. The zero-order valence-corrected chi connectivity index (χ0v) is 14.8. The predicted molar refractivity (Wildman–Crippen MR) is 94.5 cm³/mol. The molecule has 0 atom stereocenters. The summed E-state index contributed by atoms with van der Waals surface area (Å²) in [6.07, 6.45) is 2.32. The molecule has 0 saturated carbocycles. The van der Waals surface area contributed by atoms with Crippen LogP contribution in [0.3, 0.4) is 0 Å². The summed E-state index contributed by atoms with van der Waals surface area (Å²) in [5.74, 6) is 0.869. The zero-order chi connectivity index (χ0) is 17.8. The second-order valence-electron chi connectivity index (χ2n) is 5.76. The van der Waals surface area contributed by atoms with E-state index in [1.165, 1.54) is 6.21 Å². The topological polar surface area (TPSA) is 77.7 Å². The third kappa shape index (κ3) is 4.30. The molecule has 1 amide bonds. The number of aromatic nitrogens is 2. The highest BCUT2D eigenvalue weighted by atomic mass is 35.5. The van der Waals surface area contributed by atoms with Crippen LogP contribution in [-0.4, -0.2) is 35.1 Å². The number of carbonyl (C=O) groups is 1. The summed E-state index contributed by atoms with van der Waals surface area (Å²) in [5.41, 5.74) is 4.98. The van der Waals surface area contributed by atoms with E-state index in [0.717, 1.165) is 17.8 Å². The largest absolute Gasteiger partial charge is 0.489 e. The number of halogens is 1. The molecule has 25 heavy (non-hydrogen) atoms. The SMILES string of the molecule is Cc1cc(C)n(CC(=O)N/N=C\c2cc(Cl)c3c(c2)OCCCO3)n1. The van der Waals surface area contributed by atoms with Crippen molar-refractivity contribution in [2.24, 2.45) is 5.10 Å². The van der Waals surface area contributed by atoms with E-state index < -0.39 is 0 Å². The number of ether oxygens (including phenoxy) is 2. The molecule has 1 N–H and O–H groups in total. The minimum atomic E-state index is -0.261. The molecule has 8 heteroatoms. The summed E-state index contributed by atoms with van der Waals surface area (Å²) < 4.78 is 12.8. The molecule has 3 rings (SSSR count). The highest BCUT2D eigenvalue weighted by molar-refractivity contribution is 6.32. The summed E-state index contributed by atoms with van der Waals surface area (Å²) >= 11 is 6.22. The van der Waals surface area contributed by atoms with Crippen LogP contribution in [0.25, 0.3) is 0 Å². The van der Waals surface area contributed by atoms with E-state index in [1.807, 2.05) is 19.9 Å². The van der Waals surface area contributed by atoms with Crippen LogP contribution in [0.2, 0.25) is 5.02 Å². The number of benzene rings is 1. The van der Waals surface area contributed by atoms with Crippen LogP contribution in [0, 0.1) is 13.8 Å². The van der Waals surface area contributed by atoms with Crippen LogP contribution < -0.4 is 14.9 Å². The molecule has 1 aromatic carbocycles. The van der Waals surface area contributed by atoms with Crippen molar-refractivity contribution in [1.29, 1.82) is 0 Å². The Morgan fingerprint density at radius 3 is 2.92 bits per heavy atom.